The molecule has 2 aromatic carbocycles. The number of para-hydroxylation sites is 1. The molecule has 30 heavy (non-hydrogen) atoms. The number of ether oxygens (including phenoxy) is 1. The first-order chi connectivity index (χ1) is 14.0. The van der Waals surface area contributed by atoms with Crippen molar-refractivity contribution in [1.29, 1.82) is 0 Å². The van der Waals surface area contributed by atoms with Gasteiger partial charge in [-0.3, -0.25) is 9.59 Å². The molecule has 0 heterocycles. The zero-order valence-electron chi connectivity index (χ0n) is 17.5. The Hall–Kier alpha value is -2.83. The lowest BCUT2D eigenvalue weighted by Gasteiger charge is -2.20. The molecule has 0 aliphatic heterocycles. The predicted octanol–water partition coefficient (Wildman–Crippen LogP) is 5.68. The second kappa shape index (κ2) is 9.78. The molecule has 0 fully saturated rings. The van der Waals surface area contributed by atoms with Crippen LogP contribution < -0.4 is 5.32 Å². The van der Waals surface area contributed by atoms with Gasteiger partial charge >= 0.3 is 12.1 Å². The van der Waals surface area contributed by atoms with Crippen LogP contribution in [0.1, 0.15) is 61.8 Å². The third-order valence-electron chi connectivity index (χ3n) is 4.60. The Morgan fingerprint density at radius 2 is 1.53 bits per heavy atom. The van der Waals surface area contributed by atoms with Crippen LogP contribution in [0.5, 0.6) is 0 Å². The van der Waals surface area contributed by atoms with Crippen LogP contribution in [0.3, 0.4) is 0 Å². The lowest BCUT2D eigenvalue weighted by atomic mass is 9.92. The molecule has 4 nitrogen and oxygen atoms in total. The number of halogens is 3. The van der Waals surface area contributed by atoms with Crippen LogP contribution in [0.25, 0.3) is 0 Å². The van der Waals surface area contributed by atoms with Crippen molar-refractivity contribution in [3.05, 3.63) is 64.7 Å². The molecule has 162 valence electrons. The SMILES string of the molecule is CC(C)c1cccc(C(C)C)c1NC(=O)COC(=O)Cc1cccc(C(F)(F)F)c1. The van der Waals surface area contributed by atoms with E-state index in [0.717, 1.165) is 23.3 Å². The summed E-state index contributed by atoms with van der Waals surface area (Å²) in [6.45, 7) is 7.56. The average molecular weight is 421 g/mol. The highest BCUT2D eigenvalue weighted by Crippen LogP contribution is 2.32. The summed E-state index contributed by atoms with van der Waals surface area (Å²) in [5, 5.41) is 2.83. The minimum atomic E-state index is -4.49. The maximum absolute atomic E-state index is 12.8. The van der Waals surface area contributed by atoms with Gasteiger partial charge in [0.15, 0.2) is 6.61 Å². The molecule has 0 aromatic heterocycles. The minimum absolute atomic E-state index is 0.169. The van der Waals surface area contributed by atoms with Gasteiger partial charge in [0.2, 0.25) is 0 Å². The summed E-state index contributed by atoms with van der Waals surface area (Å²) in [7, 11) is 0. The molecule has 0 saturated heterocycles. The van der Waals surface area contributed by atoms with Gasteiger partial charge in [-0.05, 0) is 34.6 Å². The van der Waals surface area contributed by atoms with E-state index in [4.69, 9.17) is 4.74 Å². The van der Waals surface area contributed by atoms with Gasteiger partial charge in [-0.25, -0.2) is 0 Å². The topological polar surface area (TPSA) is 55.4 Å². The normalized spacial score (nSPS) is 11.6. The first kappa shape index (κ1) is 23.4. The van der Waals surface area contributed by atoms with Gasteiger partial charge in [-0.2, -0.15) is 13.2 Å². The highest BCUT2D eigenvalue weighted by atomic mass is 19.4. The summed E-state index contributed by atoms with van der Waals surface area (Å²) in [4.78, 5) is 24.4. The number of carbonyl (C=O) groups excluding carboxylic acids is 2. The Bertz CT molecular complexity index is 879. The first-order valence-electron chi connectivity index (χ1n) is 9.73. The molecule has 7 heteroatoms. The Labute approximate surface area is 174 Å². The molecule has 0 spiro atoms. The summed E-state index contributed by atoms with van der Waals surface area (Å²) in [5.41, 5.74) is 2.00. The van der Waals surface area contributed by atoms with Crippen LogP contribution in [-0.2, 0) is 26.9 Å². The van der Waals surface area contributed by atoms with Gasteiger partial charge in [0.1, 0.15) is 0 Å². The number of nitrogens with one attached hydrogen (secondary N) is 1. The molecular formula is C23H26F3NO3. The average Bonchev–Trinajstić information content (AvgIpc) is 2.65. The van der Waals surface area contributed by atoms with Crippen LogP contribution in [0.4, 0.5) is 18.9 Å². The van der Waals surface area contributed by atoms with E-state index in [2.05, 4.69) is 5.32 Å². The van der Waals surface area contributed by atoms with Crippen LogP contribution in [0.2, 0.25) is 0 Å². The number of hydrogen-bond donors (Lipinski definition) is 1. The fourth-order valence-corrected chi connectivity index (χ4v) is 3.09. The Balaban J connectivity index is 2.01. The Morgan fingerprint density at radius 3 is 2.07 bits per heavy atom. The van der Waals surface area contributed by atoms with Gasteiger partial charge in [0.05, 0.1) is 12.0 Å². The highest BCUT2D eigenvalue weighted by Gasteiger charge is 2.30. The summed E-state index contributed by atoms with van der Waals surface area (Å²) < 4.78 is 43.3. The lowest BCUT2D eigenvalue weighted by Crippen LogP contribution is -2.23. The highest BCUT2D eigenvalue weighted by molar-refractivity contribution is 5.94. The third kappa shape index (κ3) is 6.34. The number of carbonyl (C=O) groups is 2. The van der Waals surface area contributed by atoms with Gasteiger partial charge in [0, 0.05) is 5.69 Å². The molecule has 1 amide bonds. The Kier molecular flexibility index (Phi) is 7.65. The van der Waals surface area contributed by atoms with Gasteiger partial charge in [-0.15, -0.1) is 0 Å². The molecule has 0 aliphatic rings. The van der Waals surface area contributed by atoms with E-state index in [9.17, 15) is 22.8 Å². The van der Waals surface area contributed by atoms with Crippen molar-refractivity contribution in [2.75, 3.05) is 11.9 Å². The largest absolute Gasteiger partial charge is 0.455 e. The second-order valence-electron chi connectivity index (χ2n) is 7.70. The van der Waals surface area contributed by atoms with Crippen LogP contribution in [-0.4, -0.2) is 18.5 Å². The second-order valence-corrected chi connectivity index (χ2v) is 7.70. The molecule has 0 saturated carbocycles. The first-order valence-corrected chi connectivity index (χ1v) is 9.73. The van der Waals surface area contributed by atoms with Crippen molar-refractivity contribution in [1.82, 2.24) is 0 Å². The zero-order valence-corrected chi connectivity index (χ0v) is 17.5. The van der Waals surface area contributed by atoms with Crippen molar-refractivity contribution >= 4 is 17.6 Å². The molecule has 0 radical (unpaired) electrons. The molecule has 0 aliphatic carbocycles. The van der Waals surface area contributed by atoms with E-state index in [0.29, 0.717) is 5.69 Å². The van der Waals surface area contributed by atoms with E-state index >= 15 is 0 Å². The third-order valence-corrected chi connectivity index (χ3v) is 4.60. The van der Waals surface area contributed by atoms with E-state index in [-0.39, 0.29) is 23.8 Å². The molecule has 0 atom stereocenters. The standard InChI is InChI=1S/C23H26F3NO3/c1-14(2)18-9-6-10-19(15(3)4)22(18)27-20(28)13-30-21(29)12-16-7-5-8-17(11-16)23(24,25)26/h5-11,14-15H,12-13H2,1-4H3,(H,27,28). The number of esters is 1. The zero-order chi connectivity index (χ0) is 22.5. The van der Waals surface area contributed by atoms with Crippen LogP contribution in [0, 0.1) is 0 Å². The van der Waals surface area contributed by atoms with E-state index in [1.54, 1.807) is 0 Å². The number of hydrogen-bond acceptors (Lipinski definition) is 3. The van der Waals surface area contributed by atoms with Crippen molar-refractivity contribution in [3.8, 4) is 0 Å². The fraction of sp³-hybridized carbons (Fsp3) is 0.391. The number of anilines is 1. The fourth-order valence-electron chi connectivity index (χ4n) is 3.09. The van der Waals surface area contributed by atoms with Gasteiger partial charge in [-0.1, -0.05) is 64.1 Å². The lowest BCUT2D eigenvalue weighted by molar-refractivity contribution is -0.146. The van der Waals surface area contributed by atoms with Gasteiger partial charge < -0.3 is 10.1 Å². The van der Waals surface area contributed by atoms with E-state index in [1.165, 1.54) is 12.1 Å². The molecule has 2 rings (SSSR count). The molecule has 1 N–H and O–H groups in total. The van der Waals surface area contributed by atoms with Crippen LogP contribution >= 0.6 is 0 Å². The maximum atomic E-state index is 12.8. The number of benzene rings is 2. The van der Waals surface area contributed by atoms with E-state index < -0.39 is 30.2 Å². The molecule has 2 aromatic rings. The molecular weight excluding hydrogens is 395 g/mol. The maximum Gasteiger partial charge on any atom is 0.416 e. The number of rotatable bonds is 7. The quantitative estimate of drug-likeness (QED) is 0.586. The smallest absolute Gasteiger partial charge is 0.416 e. The van der Waals surface area contributed by atoms with Crippen molar-refractivity contribution in [3.63, 3.8) is 0 Å². The molecule has 0 unspecified atom stereocenters. The number of amides is 1. The number of alkyl halides is 3. The summed E-state index contributed by atoms with van der Waals surface area (Å²) in [6, 6.07) is 10.3. The van der Waals surface area contributed by atoms with E-state index in [1.807, 2.05) is 45.9 Å². The van der Waals surface area contributed by atoms with Gasteiger partial charge in [0.25, 0.3) is 5.91 Å². The monoisotopic (exact) mass is 421 g/mol. The predicted molar refractivity (Wildman–Crippen MR) is 109 cm³/mol. The molecule has 0 bridgehead atoms. The van der Waals surface area contributed by atoms with Crippen LogP contribution in [0.15, 0.2) is 42.5 Å². The summed E-state index contributed by atoms with van der Waals surface area (Å²) >= 11 is 0. The van der Waals surface area contributed by atoms with Crippen molar-refractivity contribution < 1.29 is 27.5 Å². The summed E-state index contributed by atoms with van der Waals surface area (Å²) in [6.07, 6.45) is -4.84. The Morgan fingerprint density at radius 1 is 0.967 bits per heavy atom. The van der Waals surface area contributed by atoms with Crippen molar-refractivity contribution in [2.24, 2.45) is 0 Å². The van der Waals surface area contributed by atoms with Crippen molar-refractivity contribution in [2.45, 2.75) is 52.1 Å². The minimum Gasteiger partial charge on any atom is -0.455 e. The summed E-state index contributed by atoms with van der Waals surface area (Å²) in [5.74, 6) is -0.905.